The van der Waals surface area contributed by atoms with Crippen LogP contribution in [0.4, 0.5) is 0 Å². The number of benzene rings is 1. The van der Waals surface area contributed by atoms with E-state index in [1.807, 2.05) is 6.92 Å². The maximum absolute atomic E-state index is 11.0. The van der Waals surface area contributed by atoms with Gasteiger partial charge >= 0.3 is 5.97 Å². The third-order valence-corrected chi connectivity index (χ3v) is 2.19. The second-order valence-corrected chi connectivity index (χ2v) is 3.26. The van der Waals surface area contributed by atoms with Crippen molar-refractivity contribution in [2.45, 2.75) is 13.0 Å². The maximum Gasteiger partial charge on any atom is 0.325 e. The number of hydrogen-bond donors (Lipinski definition) is 3. The van der Waals surface area contributed by atoms with Gasteiger partial charge in [-0.25, -0.2) is 0 Å². The standard InChI is InChI=1S/C11H15NO4/c1-3-12-10(11(14)15)7-4-5-9(16-2)8(13)6-7/h4-6,10,12-13H,3H2,1-2H3,(H,14,15). The fourth-order valence-electron chi connectivity index (χ4n) is 1.44. The molecule has 1 aromatic carbocycles. The first-order chi connectivity index (χ1) is 7.60. The van der Waals surface area contributed by atoms with E-state index < -0.39 is 12.0 Å². The molecule has 0 aliphatic heterocycles. The predicted molar refractivity (Wildman–Crippen MR) is 58.7 cm³/mol. The number of phenolic OH excluding ortho intramolecular Hbond substituents is 1. The number of phenols is 1. The second kappa shape index (κ2) is 5.37. The third-order valence-electron chi connectivity index (χ3n) is 2.19. The average molecular weight is 225 g/mol. The number of carbonyl (C=O) groups is 1. The van der Waals surface area contributed by atoms with Crippen molar-refractivity contribution < 1.29 is 19.7 Å². The molecule has 0 aliphatic rings. The van der Waals surface area contributed by atoms with Gasteiger partial charge in [0.05, 0.1) is 7.11 Å². The minimum absolute atomic E-state index is 0.0656. The van der Waals surface area contributed by atoms with Gasteiger partial charge in [0.25, 0.3) is 0 Å². The van der Waals surface area contributed by atoms with E-state index in [0.29, 0.717) is 17.9 Å². The highest BCUT2D eigenvalue weighted by Gasteiger charge is 2.19. The van der Waals surface area contributed by atoms with E-state index >= 15 is 0 Å². The molecule has 0 aromatic heterocycles. The van der Waals surface area contributed by atoms with Gasteiger partial charge < -0.3 is 20.3 Å². The fourth-order valence-corrected chi connectivity index (χ4v) is 1.44. The number of aromatic hydroxyl groups is 1. The molecule has 0 spiro atoms. The van der Waals surface area contributed by atoms with Crippen molar-refractivity contribution in [3.8, 4) is 11.5 Å². The summed E-state index contributed by atoms with van der Waals surface area (Å²) in [7, 11) is 1.44. The summed E-state index contributed by atoms with van der Waals surface area (Å²) in [6.45, 7) is 2.35. The van der Waals surface area contributed by atoms with Crippen LogP contribution in [-0.2, 0) is 4.79 Å². The van der Waals surface area contributed by atoms with E-state index in [1.165, 1.54) is 19.2 Å². The monoisotopic (exact) mass is 225 g/mol. The summed E-state index contributed by atoms with van der Waals surface area (Å²) in [5.74, 6) is -0.722. The van der Waals surface area contributed by atoms with Gasteiger partial charge in [-0.15, -0.1) is 0 Å². The summed E-state index contributed by atoms with van der Waals surface area (Å²) in [5.41, 5.74) is 0.493. The highest BCUT2D eigenvalue weighted by atomic mass is 16.5. The summed E-state index contributed by atoms with van der Waals surface area (Å²) in [5, 5.41) is 21.4. The third kappa shape index (κ3) is 2.64. The van der Waals surface area contributed by atoms with E-state index in [1.54, 1.807) is 6.07 Å². The molecule has 88 valence electrons. The molecule has 0 heterocycles. The van der Waals surface area contributed by atoms with Gasteiger partial charge in [-0.3, -0.25) is 4.79 Å². The summed E-state index contributed by atoms with van der Waals surface area (Å²) in [4.78, 5) is 11.0. The normalized spacial score (nSPS) is 12.1. The lowest BCUT2D eigenvalue weighted by molar-refractivity contribution is -0.139. The molecule has 1 rings (SSSR count). The van der Waals surface area contributed by atoms with Crippen LogP contribution >= 0.6 is 0 Å². The summed E-state index contributed by atoms with van der Waals surface area (Å²) in [6, 6.07) is 3.72. The minimum atomic E-state index is -0.980. The fraction of sp³-hybridized carbons (Fsp3) is 0.364. The molecule has 0 saturated heterocycles. The first kappa shape index (κ1) is 12.3. The number of ether oxygens (including phenoxy) is 1. The quantitative estimate of drug-likeness (QED) is 0.700. The number of rotatable bonds is 5. The highest BCUT2D eigenvalue weighted by molar-refractivity contribution is 5.76. The molecular formula is C11H15NO4. The Labute approximate surface area is 93.7 Å². The largest absolute Gasteiger partial charge is 0.504 e. The van der Waals surface area contributed by atoms with Crippen LogP contribution in [0.25, 0.3) is 0 Å². The van der Waals surface area contributed by atoms with E-state index in [9.17, 15) is 9.90 Å². The van der Waals surface area contributed by atoms with Crippen molar-refractivity contribution in [3.05, 3.63) is 23.8 Å². The average Bonchev–Trinajstić information content (AvgIpc) is 2.25. The Bertz CT molecular complexity index is 378. The lowest BCUT2D eigenvalue weighted by Crippen LogP contribution is -2.28. The summed E-state index contributed by atoms with van der Waals surface area (Å²) < 4.78 is 4.88. The van der Waals surface area contributed by atoms with Crippen LogP contribution < -0.4 is 10.1 Å². The van der Waals surface area contributed by atoms with Crippen molar-refractivity contribution >= 4 is 5.97 Å². The Morgan fingerprint density at radius 1 is 1.56 bits per heavy atom. The Kier molecular flexibility index (Phi) is 4.13. The molecule has 0 amide bonds. The van der Waals surface area contributed by atoms with Crippen molar-refractivity contribution in [1.82, 2.24) is 5.32 Å². The van der Waals surface area contributed by atoms with Crippen LogP contribution in [0.5, 0.6) is 11.5 Å². The van der Waals surface area contributed by atoms with E-state index in [0.717, 1.165) is 0 Å². The predicted octanol–water partition coefficient (Wildman–Crippen LogP) is 1.14. The first-order valence-electron chi connectivity index (χ1n) is 4.93. The molecule has 3 N–H and O–H groups in total. The Morgan fingerprint density at radius 3 is 2.69 bits per heavy atom. The van der Waals surface area contributed by atoms with Crippen molar-refractivity contribution in [2.75, 3.05) is 13.7 Å². The molecule has 1 aromatic rings. The smallest absolute Gasteiger partial charge is 0.325 e. The van der Waals surface area contributed by atoms with Gasteiger partial charge in [-0.05, 0) is 24.2 Å². The number of carboxylic acids is 1. The van der Waals surface area contributed by atoms with Crippen LogP contribution in [0.2, 0.25) is 0 Å². The van der Waals surface area contributed by atoms with Crippen LogP contribution in [0.15, 0.2) is 18.2 Å². The number of likely N-dealkylation sites (N-methyl/N-ethyl adjacent to an activating group) is 1. The SMILES string of the molecule is CCNC(C(=O)O)c1ccc(OC)c(O)c1. The molecule has 5 nitrogen and oxygen atoms in total. The van der Waals surface area contributed by atoms with Gasteiger partial charge in [0.15, 0.2) is 11.5 Å². The Balaban J connectivity index is 3.01. The minimum Gasteiger partial charge on any atom is -0.504 e. The summed E-state index contributed by atoms with van der Waals surface area (Å²) in [6.07, 6.45) is 0. The number of carboxylic acid groups (broad SMARTS) is 1. The number of nitrogens with one attached hydrogen (secondary N) is 1. The molecule has 16 heavy (non-hydrogen) atoms. The molecule has 5 heteroatoms. The lowest BCUT2D eigenvalue weighted by atomic mass is 10.1. The number of hydrogen-bond acceptors (Lipinski definition) is 4. The van der Waals surface area contributed by atoms with Crippen LogP contribution in [0.1, 0.15) is 18.5 Å². The molecule has 1 atom stereocenters. The van der Waals surface area contributed by atoms with Gasteiger partial charge in [0.2, 0.25) is 0 Å². The Morgan fingerprint density at radius 2 is 2.25 bits per heavy atom. The van der Waals surface area contributed by atoms with Gasteiger partial charge in [-0.1, -0.05) is 13.0 Å². The van der Waals surface area contributed by atoms with Crippen LogP contribution in [0.3, 0.4) is 0 Å². The molecule has 0 fully saturated rings. The second-order valence-electron chi connectivity index (χ2n) is 3.26. The lowest BCUT2D eigenvalue weighted by Gasteiger charge is -2.14. The van der Waals surface area contributed by atoms with Gasteiger partial charge in [0.1, 0.15) is 6.04 Å². The zero-order valence-electron chi connectivity index (χ0n) is 9.23. The van der Waals surface area contributed by atoms with Crippen molar-refractivity contribution in [2.24, 2.45) is 0 Å². The molecule has 0 bridgehead atoms. The van der Waals surface area contributed by atoms with Crippen molar-refractivity contribution in [1.29, 1.82) is 0 Å². The summed E-state index contributed by atoms with van der Waals surface area (Å²) >= 11 is 0. The molecule has 0 aliphatic carbocycles. The molecular weight excluding hydrogens is 210 g/mol. The molecule has 1 unspecified atom stereocenters. The van der Waals surface area contributed by atoms with Gasteiger partial charge in [-0.2, -0.15) is 0 Å². The number of aliphatic carboxylic acids is 1. The number of methoxy groups -OCH3 is 1. The highest BCUT2D eigenvalue weighted by Crippen LogP contribution is 2.28. The first-order valence-corrected chi connectivity index (χ1v) is 4.93. The zero-order valence-corrected chi connectivity index (χ0v) is 9.23. The van der Waals surface area contributed by atoms with Gasteiger partial charge in [0, 0.05) is 0 Å². The van der Waals surface area contributed by atoms with E-state index in [2.05, 4.69) is 5.32 Å². The van der Waals surface area contributed by atoms with Crippen LogP contribution in [-0.4, -0.2) is 29.8 Å². The Hall–Kier alpha value is -1.75. The maximum atomic E-state index is 11.0. The molecule has 0 radical (unpaired) electrons. The van der Waals surface area contributed by atoms with Crippen molar-refractivity contribution in [3.63, 3.8) is 0 Å². The van der Waals surface area contributed by atoms with E-state index in [4.69, 9.17) is 9.84 Å². The van der Waals surface area contributed by atoms with Crippen LogP contribution in [0, 0.1) is 0 Å². The van der Waals surface area contributed by atoms with E-state index in [-0.39, 0.29) is 5.75 Å². The topological polar surface area (TPSA) is 78.8 Å². The zero-order chi connectivity index (χ0) is 12.1. The molecule has 0 saturated carbocycles.